The Labute approximate surface area is 109 Å². The number of rotatable bonds is 3. The molecule has 2 aromatic rings. The van der Waals surface area contributed by atoms with Gasteiger partial charge in [0.05, 0.1) is 4.88 Å². The molecule has 0 atom stereocenters. The standard InChI is InChI=1S/C12H7BrF2OS/c13-8-4-5-17-12(8)10(16)6-7-2-1-3-9(14)11(7)15/h1-5H,6H2. The van der Waals surface area contributed by atoms with Crippen LogP contribution in [0, 0.1) is 11.6 Å². The number of ketones is 1. The fourth-order valence-electron chi connectivity index (χ4n) is 1.43. The minimum Gasteiger partial charge on any atom is -0.293 e. The molecule has 1 aromatic heterocycles. The van der Waals surface area contributed by atoms with Crippen molar-refractivity contribution in [1.82, 2.24) is 0 Å². The maximum atomic E-state index is 13.4. The van der Waals surface area contributed by atoms with Crippen molar-refractivity contribution in [3.05, 3.63) is 56.2 Å². The van der Waals surface area contributed by atoms with Crippen molar-refractivity contribution in [2.45, 2.75) is 6.42 Å². The number of Topliss-reactive ketones (excluding diaryl/α,β-unsaturated/α-hetero) is 1. The maximum absolute atomic E-state index is 13.4. The van der Waals surface area contributed by atoms with E-state index in [4.69, 9.17) is 0 Å². The van der Waals surface area contributed by atoms with Gasteiger partial charge in [-0.1, -0.05) is 12.1 Å². The van der Waals surface area contributed by atoms with Crippen molar-refractivity contribution in [3.63, 3.8) is 0 Å². The van der Waals surface area contributed by atoms with Crippen LogP contribution in [0.4, 0.5) is 8.78 Å². The molecule has 0 aliphatic rings. The van der Waals surface area contributed by atoms with Crippen molar-refractivity contribution in [2.24, 2.45) is 0 Å². The van der Waals surface area contributed by atoms with Gasteiger partial charge in [0.15, 0.2) is 17.4 Å². The first-order valence-corrected chi connectivity index (χ1v) is 6.46. The fraction of sp³-hybridized carbons (Fsp3) is 0.0833. The quantitative estimate of drug-likeness (QED) is 0.775. The molecule has 17 heavy (non-hydrogen) atoms. The zero-order valence-corrected chi connectivity index (χ0v) is 10.9. The van der Waals surface area contributed by atoms with Crippen LogP contribution >= 0.6 is 27.3 Å². The first-order valence-electron chi connectivity index (χ1n) is 4.78. The average molecular weight is 317 g/mol. The lowest BCUT2D eigenvalue weighted by Crippen LogP contribution is -2.05. The number of hydrogen-bond donors (Lipinski definition) is 0. The summed E-state index contributed by atoms with van der Waals surface area (Å²) in [6.07, 6.45) is -0.136. The van der Waals surface area contributed by atoms with Crippen LogP contribution in [0.3, 0.4) is 0 Å². The van der Waals surface area contributed by atoms with E-state index in [1.54, 1.807) is 11.4 Å². The van der Waals surface area contributed by atoms with Crippen molar-refractivity contribution in [1.29, 1.82) is 0 Å². The summed E-state index contributed by atoms with van der Waals surface area (Å²) in [5, 5.41) is 1.76. The molecule has 1 aromatic carbocycles. The number of thiophene rings is 1. The lowest BCUT2D eigenvalue weighted by Gasteiger charge is -2.02. The molecule has 0 amide bonds. The SMILES string of the molecule is O=C(Cc1cccc(F)c1F)c1sccc1Br. The molecule has 88 valence electrons. The lowest BCUT2D eigenvalue weighted by molar-refractivity contribution is 0.0995. The van der Waals surface area contributed by atoms with Gasteiger partial charge in [0, 0.05) is 10.9 Å². The minimum absolute atomic E-state index is 0.0790. The number of carbonyl (C=O) groups excluding carboxylic acids is 1. The van der Waals surface area contributed by atoms with Gasteiger partial charge in [-0.05, 0) is 39.0 Å². The zero-order chi connectivity index (χ0) is 12.4. The van der Waals surface area contributed by atoms with E-state index in [2.05, 4.69) is 15.9 Å². The van der Waals surface area contributed by atoms with E-state index in [9.17, 15) is 13.6 Å². The van der Waals surface area contributed by atoms with Gasteiger partial charge in [-0.3, -0.25) is 4.79 Å². The second-order valence-electron chi connectivity index (χ2n) is 3.41. The van der Waals surface area contributed by atoms with Crippen LogP contribution in [0.2, 0.25) is 0 Å². The van der Waals surface area contributed by atoms with E-state index in [0.29, 0.717) is 9.35 Å². The van der Waals surface area contributed by atoms with Gasteiger partial charge in [0.1, 0.15) is 0 Å². The van der Waals surface area contributed by atoms with Gasteiger partial charge in [-0.25, -0.2) is 8.78 Å². The summed E-state index contributed by atoms with van der Waals surface area (Å²) in [6.45, 7) is 0. The van der Waals surface area contributed by atoms with E-state index >= 15 is 0 Å². The molecule has 1 nitrogen and oxygen atoms in total. The highest BCUT2D eigenvalue weighted by molar-refractivity contribution is 9.10. The maximum Gasteiger partial charge on any atom is 0.178 e. The van der Waals surface area contributed by atoms with Crippen LogP contribution in [0.1, 0.15) is 15.2 Å². The number of carbonyl (C=O) groups is 1. The third kappa shape index (κ3) is 2.61. The number of halogens is 3. The van der Waals surface area contributed by atoms with Crippen molar-refractivity contribution < 1.29 is 13.6 Å². The average Bonchev–Trinajstić information content (AvgIpc) is 2.71. The summed E-state index contributed by atoms with van der Waals surface area (Å²) < 4.78 is 27.0. The summed E-state index contributed by atoms with van der Waals surface area (Å²) in [5.41, 5.74) is 0.0790. The van der Waals surface area contributed by atoms with Crippen LogP contribution in [-0.2, 0) is 6.42 Å². The normalized spacial score (nSPS) is 10.5. The summed E-state index contributed by atoms with van der Waals surface area (Å²) in [5.74, 6) is -2.11. The Balaban J connectivity index is 2.25. The highest BCUT2D eigenvalue weighted by Crippen LogP contribution is 2.25. The van der Waals surface area contributed by atoms with Gasteiger partial charge in [-0.2, -0.15) is 0 Å². The van der Waals surface area contributed by atoms with Gasteiger partial charge in [0.25, 0.3) is 0 Å². The summed E-state index contributed by atoms with van der Waals surface area (Å²) >= 11 is 4.51. The second-order valence-corrected chi connectivity index (χ2v) is 5.18. The summed E-state index contributed by atoms with van der Waals surface area (Å²) in [7, 11) is 0. The molecule has 0 spiro atoms. The molecule has 1 heterocycles. The highest BCUT2D eigenvalue weighted by Gasteiger charge is 2.16. The van der Waals surface area contributed by atoms with Crippen LogP contribution in [0.5, 0.6) is 0 Å². The Morgan fingerprint density at radius 3 is 2.71 bits per heavy atom. The molecule has 0 saturated carbocycles. The molecule has 0 N–H and O–H groups in total. The molecule has 5 heteroatoms. The Hall–Kier alpha value is -1.07. The third-order valence-corrected chi connectivity index (χ3v) is 4.13. The molecule has 2 rings (SSSR count). The van der Waals surface area contributed by atoms with E-state index in [1.165, 1.54) is 23.5 Å². The van der Waals surface area contributed by atoms with Crippen molar-refractivity contribution in [2.75, 3.05) is 0 Å². The van der Waals surface area contributed by atoms with Crippen molar-refractivity contribution in [3.8, 4) is 0 Å². The zero-order valence-electron chi connectivity index (χ0n) is 8.54. The Morgan fingerprint density at radius 1 is 1.29 bits per heavy atom. The highest BCUT2D eigenvalue weighted by atomic mass is 79.9. The number of benzene rings is 1. The first-order chi connectivity index (χ1) is 8.09. The van der Waals surface area contributed by atoms with Gasteiger partial charge < -0.3 is 0 Å². The molecular weight excluding hydrogens is 310 g/mol. The topological polar surface area (TPSA) is 17.1 Å². The minimum atomic E-state index is -0.950. The second kappa shape index (κ2) is 5.06. The van der Waals surface area contributed by atoms with E-state index in [0.717, 1.165) is 6.07 Å². The van der Waals surface area contributed by atoms with Crippen LogP contribution in [0.15, 0.2) is 34.1 Å². The molecule has 0 aliphatic heterocycles. The molecule has 0 aliphatic carbocycles. The van der Waals surface area contributed by atoms with E-state index < -0.39 is 11.6 Å². The largest absolute Gasteiger partial charge is 0.293 e. The van der Waals surface area contributed by atoms with E-state index in [-0.39, 0.29) is 17.8 Å². The smallest absolute Gasteiger partial charge is 0.178 e. The predicted octanol–water partition coefficient (Wildman–Crippen LogP) is 4.21. The predicted molar refractivity (Wildman–Crippen MR) is 66.4 cm³/mol. The van der Waals surface area contributed by atoms with Gasteiger partial charge in [0.2, 0.25) is 0 Å². The van der Waals surface area contributed by atoms with E-state index in [1.807, 2.05) is 0 Å². The molecule has 0 saturated heterocycles. The Kier molecular flexibility index (Phi) is 3.69. The molecular formula is C12H7BrF2OS. The van der Waals surface area contributed by atoms with Crippen LogP contribution < -0.4 is 0 Å². The van der Waals surface area contributed by atoms with Crippen molar-refractivity contribution >= 4 is 33.0 Å². The molecule has 0 radical (unpaired) electrons. The van der Waals surface area contributed by atoms with Gasteiger partial charge in [-0.15, -0.1) is 11.3 Å². The Morgan fingerprint density at radius 2 is 2.06 bits per heavy atom. The lowest BCUT2D eigenvalue weighted by atomic mass is 10.1. The summed E-state index contributed by atoms with van der Waals surface area (Å²) in [6, 6.07) is 5.59. The molecule has 0 fully saturated rings. The number of hydrogen-bond acceptors (Lipinski definition) is 2. The molecule has 0 unspecified atom stereocenters. The van der Waals surface area contributed by atoms with Crippen LogP contribution in [0.25, 0.3) is 0 Å². The first kappa shape index (κ1) is 12.4. The Bertz CT molecular complexity index is 565. The van der Waals surface area contributed by atoms with Crippen LogP contribution in [-0.4, -0.2) is 5.78 Å². The van der Waals surface area contributed by atoms with Gasteiger partial charge >= 0.3 is 0 Å². The molecule has 0 bridgehead atoms. The third-order valence-electron chi connectivity index (χ3n) is 2.25. The summed E-state index contributed by atoms with van der Waals surface area (Å²) in [4.78, 5) is 12.4. The fourth-order valence-corrected chi connectivity index (χ4v) is 2.96. The monoisotopic (exact) mass is 316 g/mol.